The van der Waals surface area contributed by atoms with Crippen LogP contribution in [0.2, 0.25) is 0 Å². The van der Waals surface area contributed by atoms with Crippen molar-refractivity contribution < 1.29 is 0 Å². The number of allylic oxidation sites excluding steroid dienone is 4. The van der Waals surface area contributed by atoms with Crippen molar-refractivity contribution in [3.05, 3.63) is 24.3 Å². The Morgan fingerprint density at radius 3 is 1.08 bits per heavy atom. The van der Waals surface area contributed by atoms with Crippen molar-refractivity contribution >= 4 is 0 Å². The Kier molecular flexibility index (Phi) is 23.0. The highest BCUT2D eigenvalue weighted by molar-refractivity contribution is 4.87. The lowest BCUT2D eigenvalue weighted by Gasteiger charge is -2.02. The monoisotopic (exact) mass is 348 g/mol. The van der Waals surface area contributed by atoms with Crippen LogP contribution in [0.5, 0.6) is 0 Å². The maximum absolute atomic E-state index is 2.40. The van der Waals surface area contributed by atoms with E-state index in [1.54, 1.807) is 0 Å². The maximum atomic E-state index is 2.40. The lowest BCUT2D eigenvalue weighted by atomic mass is 10.0. The molecule has 0 spiro atoms. The van der Waals surface area contributed by atoms with Gasteiger partial charge in [0.05, 0.1) is 0 Å². The molecule has 25 heavy (non-hydrogen) atoms. The maximum Gasteiger partial charge on any atom is -0.0316 e. The first-order chi connectivity index (χ1) is 12.4. The summed E-state index contributed by atoms with van der Waals surface area (Å²) in [4.78, 5) is 0. The Morgan fingerprint density at radius 1 is 0.320 bits per heavy atom. The molecule has 0 unspecified atom stereocenters. The average molecular weight is 349 g/mol. The van der Waals surface area contributed by atoms with Crippen molar-refractivity contribution in [1.29, 1.82) is 0 Å². The summed E-state index contributed by atoms with van der Waals surface area (Å²) < 4.78 is 0. The molecule has 0 heterocycles. The van der Waals surface area contributed by atoms with E-state index in [0.717, 1.165) is 0 Å². The lowest BCUT2D eigenvalue weighted by Crippen LogP contribution is -1.82. The van der Waals surface area contributed by atoms with E-state index in [1.807, 2.05) is 0 Å². The average Bonchev–Trinajstić information content (AvgIpc) is 2.63. The van der Waals surface area contributed by atoms with Crippen LogP contribution < -0.4 is 0 Å². The zero-order valence-corrected chi connectivity index (χ0v) is 17.7. The molecule has 148 valence electrons. The lowest BCUT2D eigenvalue weighted by molar-refractivity contribution is 0.540. The van der Waals surface area contributed by atoms with E-state index in [9.17, 15) is 0 Å². The van der Waals surface area contributed by atoms with Gasteiger partial charge in [0.15, 0.2) is 0 Å². The van der Waals surface area contributed by atoms with Crippen LogP contribution in [0, 0.1) is 0 Å². The SMILES string of the molecule is CCCCC=CCCC=CCCCCCCCCCCCCCCC. The van der Waals surface area contributed by atoms with Gasteiger partial charge in [0.1, 0.15) is 0 Å². The number of hydrogen-bond donors (Lipinski definition) is 0. The highest BCUT2D eigenvalue weighted by Gasteiger charge is 1.93. The normalized spacial score (nSPS) is 11.9. The Labute approximate surface area is 160 Å². The molecular weight excluding hydrogens is 300 g/mol. The third-order valence-electron chi connectivity index (χ3n) is 5.03. The fourth-order valence-electron chi connectivity index (χ4n) is 3.27. The zero-order chi connectivity index (χ0) is 18.3. The molecule has 0 atom stereocenters. The minimum absolute atomic E-state index is 1.22. The topological polar surface area (TPSA) is 0 Å². The molecule has 0 bridgehead atoms. The van der Waals surface area contributed by atoms with Gasteiger partial charge >= 0.3 is 0 Å². The quantitative estimate of drug-likeness (QED) is 0.152. The predicted octanol–water partition coefficient (Wildman–Crippen LogP) is 9.55. The van der Waals surface area contributed by atoms with Crippen molar-refractivity contribution in [1.82, 2.24) is 0 Å². The van der Waals surface area contributed by atoms with Gasteiger partial charge in [0.2, 0.25) is 0 Å². The van der Waals surface area contributed by atoms with E-state index in [-0.39, 0.29) is 0 Å². The third kappa shape index (κ3) is 23.5. The molecule has 0 aromatic heterocycles. The van der Waals surface area contributed by atoms with Crippen LogP contribution in [0.25, 0.3) is 0 Å². The summed E-state index contributed by atoms with van der Waals surface area (Å²) in [6, 6.07) is 0. The number of rotatable bonds is 20. The minimum Gasteiger partial charge on any atom is -0.0885 e. The van der Waals surface area contributed by atoms with Crippen LogP contribution in [0.1, 0.15) is 136 Å². The smallest absolute Gasteiger partial charge is 0.0316 e. The first-order valence-electron chi connectivity index (χ1n) is 11.7. The molecule has 0 heteroatoms. The summed E-state index contributed by atoms with van der Waals surface area (Å²) >= 11 is 0. The highest BCUT2D eigenvalue weighted by atomic mass is 14.0. The van der Waals surface area contributed by atoms with Crippen molar-refractivity contribution in [2.75, 3.05) is 0 Å². The van der Waals surface area contributed by atoms with Gasteiger partial charge in [-0.15, -0.1) is 0 Å². The second-order valence-corrected chi connectivity index (χ2v) is 7.69. The molecule has 0 aliphatic carbocycles. The fraction of sp³-hybridized carbons (Fsp3) is 0.840. The Hall–Kier alpha value is -0.520. The number of unbranched alkanes of at least 4 members (excludes halogenated alkanes) is 16. The second-order valence-electron chi connectivity index (χ2n) is 7.69. The van der Waals surface area contributed by atoms with Gasteiger partial charge in [-0.3, -0.25) is 0 Å². The molecule has 0 N–H and O–H groups in total. The molecule has 0 aromatic rings. The minimum atomic E-state index is 1.22. The number of hydrogen-bond acceptors (Lipinski definition) is 0. The van der Waals surface area contributed by atoms with Crippen LogP contribution in [0.3, 0.4) is 0 Å². The molecule has 0 aliphatic heterocycles. The summed E-state index contributed by atoms with van der Waals surface area (Å²) in [5.74, 6) is 0. The summed E-state index contributed by atoms with van der Waals surface area (Å²) in [5.41, 5.74) is 0. The Morgan fingerprint density at radius 2 is 0.640 bits per heavy atom. The van der Waals surface area contributed by atoms with E-state index in [1.165, 1.54) is 122 Å². The van der Waals surface area contributed by atoms with E-state index >= 15 is 0 Å². The molecule has 0 aromatic carbocycles. The van der Waals surface area contributed by atoms with Gasteiger partial charge < -0.3 is 0 Å². The molecule has 0 rings (SSSR count). The largest absolute Gasteiger partial charge is 0.0885 e. The first-order valence-corrected chi connectivity index (χ1v) is 11.7. The van der Waals surface area contributed by atoms with Crippen LogP contribution in [-0.4, -0.2) is 0 Å². The molecule has 0 saturated carbocycles. The molecule has 0 nitrogen and oxygen atoms in total. The van der Waals surface area contributed by atoms with E-state index in [0.29, 0.717) is 0 Å². The molecule has 0 aliphatic rings. The summed E-state index contributed by atoms with van der Waals surface area (Å²) in [6.07, 6.45) is 35.9. The van der Waals surface area contributed by atoms with E-state index in [4.69, 9.17) is 0 Å². The van der Waals surface area contributed by atoms with Gasteiger partial charge in [-0.1, -0.05) is 128 Å². The van der Waals surface area contributed by atoms with Crippen molar-refractivity contribution in [2.24, 2.45) is 0 Å². The van der Waals surface area contributed by atoms with Crippen LogP contribution >= 0.6 is 0 Å². The molecule has 0 amide bonds. The van der Waals surface area contributed by atoms with Gasteiger partial charge in [0.25, 0.3) is 0 Å². The predicted molar refractivity (Wildman–Crippen MR) is 117 cm³/mol. The van der Waals surface area contributed by atoms with Gasteiger partial charge in [-0.2, -0.15) is 0 Å². The third-order valence-corrected chi connectivity index (χ3v) is 5.03. The van der Waals surface area contributed by atoms with Gasteiger partial charge in [-0.25, -0.2) is 0 Å². The second kappa shape index (κ2) is 23.5. The van der Waals surface area contributed by atoms with Crippen molar-refractivity contribution in [3.8, 4) is 0 Å². The first kappa shape index (κ1) is 24.5. The summed E-state index contributed by atoms with van der Waals surface area (Å²) in [6.45, 7) is 4.55. The van der Waals surface area contributed by atoms with Gasteiger partial charge in [0, 0.05) is 0 Å². The Balaban J connectivity index is 3.08. The highest BCUT2D eigenvalue weighted by Crippen LogP contribution is 2.13. The van der Waals surface area contributed by atoms with Crippen molar-refractivity contribution in [3.63, 3.8) is 0 Å². The van der Waals surface area contributed by atoms with Gasteiger partial charge in [-0.05, 0) is 32.1 Å². The fourth-order valence-corrected chi connectivity index (χ4v) is 3.27. The molecule has 0 radical (unpaired) electrons. The van der Waals surface area contributed by atoms with E-state index in [2.05, 4.69) is 38.2 Å². The standard InChI is InChI=1S/C25H48/c1-3-5-7-9-11-13-15-17-19-21-23-25-24-22-20-18-16-14-12-10-8-6-4-2/h9,11,17,19H,3-8,10,12-16,18,20-25H2,1-2H3. The van der Waals surface area contributed by atoms with Crippen molar-refractivity contribution in [2.45, 2.75) is 136 Å². The van der Waals surface area contributed by atoms with Crippen LogP contribution in [0.15, 0.2) is 24.3 Å². The summed E-state index contributed by atoms with van der Waals surface area (Å²) in [7, 11) is 0. The Bertz CT molecular complexity index is 274. The molecule has 0 fully saturated rings. The van der Waals surface area contributed by atoms with Crippen LogP contribution in [-0.2, 0) is 0 Å². The summed E-state index contributed by atoms with van der Waals surface area (Å²) in [5, 5.41) is 0. The molecular formula is C25H48. The zero-order valence-electron chi connectivity index (χ0n) is 17.7. The van der Waals surface area contributed by atoms with Crippen LogP contribution in [0.4, 0.5) is 0 Å². The molecule has 0 saturated heterocycles. The van der Waals surface area contributed by atoms with E-state index < -0.39 is 0 Å².